The zero-order valence-corrected chi connectivity index (χ0v) is 13.6. The highest BCUT2D eigenvalue weighted by Gasteiger charge is 2.30. The zero-order valence-electron chi connectivity index (χ0n) is 13.6. The molecule has 0 spiro atoms. The van der Waals surface area contributed by atoms with E-state index in [1.165, 1.54) is 0 Å². The molecule has 2 heterocycles. The van der Waals surface area contributed by atoms with Crippen LogP contribution in [0.25, 0.3) is 0 Å². The summed E-state index contributed by atoms with van der Waals surface area (Å²) in [5, 5.41) is 14.0. The highest BCUT2D eigenvalue weighted by atomic mass is 16.5. The third-order valence-corrected chi connectivity index (χ3v) is 3.52. The molecule has 4 nitrogen and oxygen atoms in total. The molecule has 1 aromatic rings. The number of ether oxygens (including phenoxy) is 1. The molecule has 2 rings (SSSR count). The maximum Gasteiger partial charge on any atom is 0.0934 e. The Morgan fingerprint density at radius 1 is 1.45 bits per heavy atom. The SMILES string of the molecule is CC.CC(C)c1cc(C(C)(C)C#N)n(C2CCOC2)n1. The fourth-order valence-electron chi connectivity index (χ4n) is 2.21. The Morgan fingerprint density at radius 3 is 2.55 bits per heavy atom. The number of aromatic nitrogens is 2. The summed E-state index contributed by atoms with van der Waals surface area (Å²) >= 11 is 0. The highest BCUT2D eigenvalue weighted by molar-refractivity contribution is 5.27. The molecule has 1 fully saturated rings. The fraction of sp³-hybridized carbons (Fsp3) is 0.750. The van der Waals surface area contributed by atoms with Crippen LogP contribution >= 0.6 is 0 Å². The summed E-state index contributed by atoms with van der Waals surface area (Å²) in [5.74, 6) is 0.377. The molecular weight excluding hydrogens is 250 g/mol. The summed E-state index contributed by atoms with van der Waals surface area (Å²) in [6.07, 6.45) is 0.980. The number of nitriles is 1. The van der Waals surface area contributed by atoms with Gasteiger partial charge < -0.3 is 4.74 Å². The van der Waals surface area contributed by atoms with Crippen molar-refractivity contribution in [2.45, 2.75) is 65.3 Å². The van der Waals surface area contributed by atoms with Crippen LogP contribution in [0.4, 0.5) is 0 Å². The first kappa shape index (κ1) is 16.7. The average Bonchev–Trinajstić information content (AvgIpc) is 3.09. The lowest BCUT2D eigenvalue weighted by Gasteiger charge is -2.20. The number of hydrogen-bond acceptors (Lipinski definition) is 3. The third-order valence-electron chi connectivity index (χ3n) is 3.52. The molecule has 0 aromatic carbocycles. The monoisotopic (exact) mass is 277 g/mol. The van der Waals surface area contributed by atoms with E-state index in [0.717, 1.165) is 24.4 Å². The van der Waals surface area contributed by atoms with Gasteiger partial charge in [-0.05, 0) is 32.3 Å². The highest BCUT2D eigenvalue weighted by Crippen LogP contribution is 2.30. The first-order chi connectivity index (χ1) is 9.45. The van der Waals surface area contributed by atoms with Crippen LogP contribution in [0.3, 0.4) is 0 Å². The lowest BCUT2D eigenvalue weighted by atomic mass is 9.90. The lowest BCUT2D eigenvalue weighted by Crippen LogP contribution is -2.23. The van der Waals surface area contributed by atoms with Crippen molar-refractivity contribution in [2.75, 3.05) is 13.2 Å². The van der Waals surface area contributed by atoms with E-state index in [0.29, 0.717) is 12.5 Å². The fourth-order valence-corrected chi connectivity index (χ4v) is 2.21. The standard InChI is InChI=1S/C14H21N3O.C2H6/c1-10(2)12-7-13(14(3,4)9-15)17(16-12)11-5-6-18-8-11;1-2/h7,10-11H,5-6,8H2,1-4H3;1-2H3. The molecule has 0 saturated carbocycles. The minimum Gasteiger partial charge on any atom is -0.379 e. The summed E-state index contributed by atoms with van der Waals surface area (Å²) < 4.78 is 7.46. The molecule has 0 amide bonds. The van der Waals surface area contributed by atoms with E-state index in [1.807, 2.05) is 32.4 Å². The average molecular weight is 277 g/mol. The Balaban J connectivity index is 0.000000956. The smallest absolute Gasteiger partial charge is 0.0934 e. The van der Waals surface area contributed by atoms with Crippen LogP contribution < -0.4 is 0 Å². The van der Waals surface area contributed by atoms with Crippen molar-refractivity contribution in [3.8, 4) is 6.07 Å². The van der Waals surface area contributed by atoms with Crippen LogP contribution in [-0.4, -0.2) is 23.0 Å². The topological polar surface area (TPSA) is 50.8 Å². The van der Waals surface area contributed by atoms with Gasteiger partial charge >= 0.3 is 0 Å². The van der Waals surface area contributed by atoms with Gasteiger partial charge in [0.15, 0.2) is 0 Å². The van der Waals surface area contributed by atoms with Crippen molar-refractivity contribution < 1.29 is 4.74 Å². The predicted octanol–water partition coefficient (Wildman–Crippen LogP) is 3.80. The van der Waals surface area contributed by atoms with Crippen molar-refractivity contribution in [2.24, 2.45) is 0 Å². The summed E-state index contributed by atoms with van der Waals surface area (Å²) in [6.45, 7) is 13.6. The molecule has 4 heteroatoms. The van der Waals surface area contributed by atoms with Gasteiger partial charge in [-0.1, -0.05) is 27.7 Å². The molecule has 1 aromatic heterocycles. The van der Waals surface area contributed by atoms with E-state index in [2.05, 4.69) is 26.0 Å². The molecule has 1 aliphatic heterocycles. The van der Waals surface area contributed by atoms with Crippen molar-refractivity contribution in [1.82, 2.24) is 9.78 Å². The second-order valence-electron chi connectivity index (χ2n) is 5.81. The van der Waals surface area contributed by atoms with E-state index < -0.39 is 5.41 Å². The molecule has 20 heavy (non-hydrogen) atoms. The normalized spacial score (nSPS) is 18.6. The van der Waals surface area contributed by atoms with Gasteiger partial charge in [-0.2, -0.15) is 10.4 Å². The maximum absolute atomic E-state index is 9.34. The van der Waals surface area contributed by atoms with Crippen LogP contribution in [0.2, 0.25) is 0 Å². The Morgan fingerprint density at radius 2 is 2.10 bits per heavy atom. The van der Waals surface area contributed by atoms with Crippen LogP contribution in [0.15, 0.2) is 6.07 Å². The minimum atomic E-state index is -0.511. The second kappa shape index (κ2) is 6.90. The molecule has 0 bridgehead atoms. The first-order valence-corrected chi connectivity index (χ1v) is 7.54. The van der Waals surface area contributed by atoms with Crippen LogP contribution in [0, 0.1) is 11.3 Å². The lowest BCUT2D eigenvalue weighted by molar-refractivity contribution is 0.183. The molecular formula is C16H27N3O. The quantitative estimate of drug-likeness (QED) is 0.844. The Kier molecular flexibility index (Phi) is 5.76. The molecule has 0 aliphatic carbocycles. The van der Waals surface area contributed by atoms with Crippen molar-refractivity contribution in [3.05, 3.63) is 17.5 Å². The van der Waals surface area contributed by atoms with Gasteiger partial charge in [0, 0.05) is 6.61 Å². The Labute approximate surface area is 122 Å². The second-order valence-corrected chi connectivity index (χ2v) is 5.81. The molecule has 0 N–H and O–H groups in total. The van der Waals surface area contributed by atoms with E-state index in [-0.39, 0.29) is 6.04 Å². The van der Waals surface area contributed by atoms with Gasteiger partial charge in [-0.25, -0.2) is 0 Å². The minimum absolute atomic E-state index is 0.278. The van der Waals surface area contributed by atoms with E-state index >= 15 is 0 Å². The van der Waals surface area contributed by atoms with Gasteiger partial charge in [0.05, 0.1) is 35.5 Å². The van der Waals surface area contributed by atoms with Crippen LogP contribution in [0.1, 0.15) is 71.3 Å². The zero-order chi connectivity index (χ0) is 15.3. The Bertz CT molecular complexity index is 463. The van der Waals surface area contributed by atoms with Crippen molar-refractivity contribution in [3.63, 3.8) is 0 Å². The maximum atomic E-state index is 9.34. The molecule has 112 valence electrons. The van der Waals surface area contributed by atoms with Gasteiger partial charge in [-0.3, -0.25) is 4.68 Å². The largest absolute Gasteiger partial charge is 0.379 e. The van der Waals surface area contributed by atoms with Gasteiger partial charge in [0.25, 0.3) is 0 Å². The van der Waals surface area contributed by atoms with E-state index in [9.17, 15) is 5.26 Å². The number of nitrogens with zero attached hydrogens (tertiary/aromatic N) is 3. The molecule has 1 atom stereocenters. The Hall–Kier alpha value is -1.34. The number of rotatable bonds is 3. The van der Waals surface area contributed by atoms with Gasteiger partial charge in [-0.15, -0.1) is 0 Å². The van der Waals surface area contributed by atoms with Crippen LogP contribution in [-0.2, 0) is 10.2 Å². The summed E-state index contributed by atoms with van der Waals surface area (Å²) in [7, 11) is 0. The van der Waals surface area contributed by atoms with Crippen LogP contribution in [0.5, 0.6) is 0 Å². The molecule has 0 radical (unpaired) electrons. The predicted molar refractivity (Wildman–Crippen MR) is 80.8 cm³/mol. The molecule has 1 unspecified atom stereocenters. The van der Waals surface area contributed by atoms with Gasteiger partial charge in [0.2, 0.25) is 0 Å². The van der Waals surface area contributed by atoms with Gasteiger partial charge in [0.1, 0.15) is 0 Å². The molecule has 1 aliphatic rings. The summed E-state index contributed by atoms with van der Waals surface area (Å²) in [4.78, 5) is 0. The third kappa shape index (κ3) is 3.40. The summed E-state index contributed by atoms with van der Waals surface area (Å²) in [6, 6.07) is 4.73. The molecule has 1 saturated heterocycles. The van der Waals surface area contributed by atoms with Crippen molar-refractivity contribution >= 4 is 0 Å². The number of hydrogen-bond donors (Lipinski definition) is 0. The van der Waals surface area contributed by atoms with Crippen molar-refractivity contribution in [1.29, 1.82) is 5.26 Å². The first-order valence-electron chi connectivity index (χ1n) is 7.54. The van der Waals surface area contributed by atoms with E-state index in [4.69, 9.17) is 9.84 Å². The van der Waals surface area contributed by atoms with E-state index in [1.54, 1.807) is 0 Å². The summed E-state index contributed by atoms with van der Waals surface area (Å²) in [5.41, 5.74) is 1.55.